The predicted molar refractivity (Wildman–Crippen MR) is 108 cm³/mol. The van der Waals surface area contributed by atoms with Gasteiger partial charge in [0.1, 0.15) is 5.92 Å². The molecule has 0 aliphatic carbocycles. The minimum atomic E-state index is -0.296. The third-order valence-electron chi connectivity index (χ3n) is 4.39. The molecule has 0 bridgehead atoms. The fourth-order valence-electron chi connectivity index (χ4n) is 2.68. The third-order valence-corrected chi connectivity index (χ3v) is 6.39. The van der Waals surface area contributed by atoms with E-state index in [1.807, 2.05) is 18.7 Å². The van der Waals surface area contributed by atoms with Crippen molar-refractivity contribution in [1.29, 1.82) is 0 Å². The molecule has 0 spiro atoms. The highest BCUT2D eigenvalue weighted by Crippen LogP contribution is 2.40. The number of amidine groups is 1. The number of nitrogens with zero attached hydrogens (tertiary/aromatic N) is 3. The van der Waals surface area contributed by atoms with Crippen molar-refractivity contribution in [2.45, 2.75) is 53.4 Å². The van der Waals surface area contributed by atoms with Crippen LogP contribution in [0.5, 0.6) is 0 Å². The molecule has 2 amide bonds. The average molecular weight is 382 g/mol. The molecule has 2 aliphatic heterocycles. The molecule has 0 saturated carbocycles. The van der Waals surface area contributed by atoms with E-state index in [4.69, 9.17) is 0 Å². The van der Waals surface area contributed by atoms with Crippen LogP contribution < -0.4 is 0 Å². The van der Waals surface area contributed by atoms with Gasteiger partial charge < -0.3 is 4.90 Å². The summed E-state index contributed by atoms with van der Waals surface area (Å²) in [6.45, 7) is 9.83. The molecular formula is C18H27N3O2S2. The lowest BCUT2D eigenvalue weighted by atomic mass is 10.0. The summed E-state index contributed by atoms with van der Waals surface area (Å²) in [4.78, 5) is 36.5. The van der Waals surface area contributed by atoms with Crippen molar-refractivity contribution >= 4 is 45.5 Å². The second-order valence-electron chi connectivity index (χ2n) is 6.33. The molecular weight excluding hydrogens is 354 g/mol. The molecule has 2 aliphatic rings. The van der Waals surface area contributed by atoms with Gasteiger partial charge in [-0.1, -0.05) is 50.2 Å². The molecule has 2 rings (SSSR count). The molecule has 1 atom stereocenters. The fraction of sp³-hybridized carbons (Fsp3) is 0.667. The summed E-state index contributed by atoms with van der Waals surface area (Å²) >= 11 is 2.82. The number of carbonyl (C=O) groups is 2. The highest BCUT2D eigenvalue weighted by atomic mass is 32.2. The van der Waals surface area contributed by atoms with Crippen molar-refractivity contribution in [3.05, 3.63) is 10.5 Å². The third kappa shape index (κ3) is 5.20. The maximum Gasteiger partial charge on any atom is 0.262 e. The van der Waals surface area contributed by atoms with E-state index in [1.165, 1.54) is 11.8 Å². The summed E-state index contributed by atoms with van der Waals surface area (Å²) < 4.78 is 0. The summed E-state index contributed by atoms with van der Waals surface area (Å²) in [6, 6.07) is 0. The first-order valence-corrected chi connectivity index (χ1v) is 10.7. The summed E-state index contributed by atoms with van der Waals surface area (Å²) in [5.41, 5.74) is 1.04. The van der Waals surface area contributed by atoms with Crippen molar-refractivity contribution in [1.82, 2.24) is 4.90 Å². The molecule has 7 heteroatoms. The second-order valence-corrected chi connectivity index (χ2v) is 8.51. The van der Waals surface area contributed by atoms with Crippen molar-refractivity contribution < 1.29 is 9.59 Å². The molecule has 138 valence electrons. The molecule has 2 heterocycles. The van der Waals surface area contributed by atoms with Gasteiger partial charge in [-0.3, -0.25) is 9.59 Å². The Morgan fingerprint density at radius 3 is 2.40 bits per heavy atom. The Kier molecular flexibility index (Phi) is 7.75. The van der Waals surface area contributed by atoms with Gasteiger partial charge in [0.05, 0.1) is 10.8 Å². The summed E-state index contributed by atoms with van der Waals surface area (Å²) in [5.74, 6) is -0.0583. The van der Waals surface area contributed by atoms with Crippen LogP contribution in [0.3, 0.4) is 0 Å². The largest absolute Gasteiger partial charge is 0.342 e. The minimum absolute atomic E-state index is 0.105. The molecule has 0 fully saturated rings. The zero-order valence-electron chi connectivity index (χ0n) is 15.5. The van der Waals surface area contributed by atoms with Gasteiger partial charge in [-0.25, -0.2) is 4.99 Å². The maximum atomic E-state index is 12.5. The van der Waals surface area contributed by atoms with E-state index in [0.717, 1.165) is 54.3 Å². The summed E-state index contributed by atoms with van der Waals surface area (Å²) in [7, 11) is 0. The first-order chi connectivity index (χ1) is 12.0. The van der Waals surface area contributed by atoms with Gasteiger partial charge in [0.2, 0.25) is 5.91 Å². The van der Waals surface area contributed by atoms with Crippen LogP contribution >= 0.6 is 23.5 Å². The minimum Gasteiger partial charge on any atom is -0.342 e. The Labute approximate surface area is 158 Å². The zero-order chi connectivity index (χ0) is 18.4. The number of amides is 2. The van der Waals surface area contributed by atoms with Gasteiger partial charge in [-0.15, -0.1) is 0 Å². The first-order valence-electron chi connectivity index (χ1n) is 8.94. The number of aliphatic imine (C=N–C) groups is 2. The van der Waals surface area contributed by atoms with Crippen molar-refractivity contribution in [3.63, 3.8) is 0 Å². The Bertz CT molecular complexity index is 618. The molecule has 1 unspecified atom stereocenters. The average Bonchev–Trinajstić information content (AvgIpc) is 2.87. The lowest BCUT2D eigenvalue weighted by Gasteiger charge is -2.22. The topological polar surface area (TPSA) is 62.1 Å². The van der Waals surface area contributed by atoms with Crippen molar-refractivity contribution in [2.75, 3.05) is 18.8 Å². The Balaban J connectivity index is 1.94. The number of hydrogen-bond acceptors (Lipinski definition) is 5. The summed E-state index contributed by atoms with van der Waals surface area (Å²) in [5, 5.41) is 1.23. The lowest BCUT2D eigenvalue weighted by Crippen LogP contribution is -2.34. The highest BCUT2D eigenvalue weighted by Gasteiger charge is 2.36. The monoisotopic (exact) mass is 381 g/mol. The summed E-state index contributed by atoms with van der Waals surface area (Å²) in [6.07, 6.45) is 4.18. The SMILES string of the molecule is CCCCN(CCCC)C(=O)CSC1=NC(=O)C2C(=N1)SC(C)=C2C. The van der Waals surface area contributed by atoms with Crippen LogP contribution in [-0.2, 0) is 9.59 Å². The standard InChI is InChI=1S/C18H27N3O2S2/c1-5-7-9-21(10-8-6-2)14(22)11-24-18-19-16(23)15-12(3)13(4)25-17(15)20-18/h15H,5-11H2,1-4H3. The number of thioether (sulfide) groups is 2. The molecule has 0 aromatic heterocycles. The number of unbranched alkanes of at least 4 members (excludes halogenated alkanes) is 2. The van der Waals surface area contributed by atoms with Gasteiger partial charge in [0, 0.05) is 13.1 Å². The number of carbonyl (C=O) groups excluding carboxylic acids is 2. The molecule has 0 aromatic carbocycles. The van der Waals surface area contributed by atoms with Crippen LogP contribution in [0.2, 0.25) is 0 Å². The van der Waals surface area contributed by atoms with Gasteiger partial charge in [-0.05, 0) is 37.2 Å². The molecule has 25 heavy (non-hydrogen) atoms. The smallest absolute Gasteiger partial charge is 0.262 e. The van der Waals surface area contributed by atoms with Crippen LogP contribution in [0.4, 0.5) is 0 Å². The molecule has 0 N–H and O–H groups in total. The van der Waals surface area contributed by atoms with Gasteiger partial charge in [0.15, 0.2) is 5.17 Å². The van der Waals surface area contributed by atoms with Crippen LogP contribution in [0.1, 0.15) is 53.4 Å². The number of rotatable bonds is 8. The number of hydrogen-bond donors (Lipinski definition) is 0. The van der Waals surface area contributed by atoms with Crippen molar-refractivity contribution in [2.24, 2.45) is 15.9 Å². The quantitative estimate of drug-likeness (QED) is 0.635. The number of allylic oxidation sites excluding steroid dienone is 1. The van der Waals surface area contributed by atoms with E-state index in [9.17, 15) is 9.59 Å². The van der Waals surface area contributed by atoms with Gasteiger partial charge in [-0.2, -0.15) is 4.99 Å². The normalized spacial score (nSPS) is 19.7. The fourth-order valence-corrected chi connectivity index (χ4v) is 4.61. The van der Waals surface area contributed by atoms with E-state index >= 15 is 0 Å². The van der Waals surface area contributed by atoms with E-state index < -0.39 is 0 Å². The lowest BCUT2D eigenvalue weighted by molar-refractivity contribution is -0.128. The highest BCUT2D eigenvalue weighted by molar-refractivity contribution is 8.18. The van der Waals surface area contributed by atoms with Crippen LogP contribution in [0.15, 0.2) is 20.5 Å². The second kappa shape index (κ2) is 9.57. The molecule has 5 nitrogen and oxygen atoms in total. The van der Waals surface area contributed by atoms with E-state index in [0.29, 0.717) is 5.17 Å². The number of fused-ring (bicyclic) bond motifs is 1. The first kappa shape index (κ1) is 20.2. The van der Waals surface area contributed by atoms with Gasteiger partial charge >= 0.3 is 0 Å². The zero-order valence-corrected chi connectivity index (χ0v) is 17.1. The van der Waals surface area contributed by atoms with E-state index in [2.05, 4.69) is 23.8 Å². The maximum absolute atomic E-state index is 12.5. The van der Waals surface area contributed by atoms with Crippen LogP contribution in [0, 0.1) is 5.92 Å². The van der Waals surface area contributed by atoms with Crippen LogP contribution in [0.25, 0.3) is 0 Å². The Morgan fingerprint density at radius 2 is 1.80 bits per heavy atom. The van der Waals surface area contributed by atoms with Crippen LogP contribution in [-0.4, -0.2) is 45.8 Å². The molecule has 0 radical (unpaired) electrons. The predicted octanol–water partition coefficient (Wildman–Crippen LogP) is 4.10. The van der Waals surface area contributed by atoms with Crippen molar-refractivity contribution in [3.8, 4) is 0 Å². The van der Waals surface area contributed by atoms with E-state index in [-0.39, 0.29) is 23.5 Å². The molecule has 0 aromatic rings. The van der Waals surface area contributed by atoms with E-state index in [1.54, 1.807) is 11.8 Å². The molecule has 0 saturated heterocycles. The van der Waals surface area contributed by atoms with Gasteiger partial charge in [0.25, 0.3) is 5.91 Å². The Hall–Kier alpha value is -1.08. The Morgan fingerprint density at radius 1 is 1.16 bits per heavy atom.